The lowest BCUT2D eigenvalue weighted by Gasteiger charge is -2.36. The third-order valence-corrected chi connectivity index (χ3v) is 6.80. The van der Waals surface area contributed by atoms with Crippen molar-refractivity contribution in [3.8, 4) is 0 Å². The highest BCUT2D eigenvalue weighted by Crippen LogP contribution is 2.32. The summed E-state index contributed by atoms with van der Waals surface area (Å²) in [7, 11) is 1.82. The molecule has 0 atom stereocenters. The fourth-order valence-electron chi connectivity index (χ4n) is 2.53. The summed E-state index contributed by atoms with van der Waals surface area (Å²) in [5, 5.41) is 7.63. The first-order valence-electron chi connectivity index (χ1n) is 8.13. The molecule has 1 fully saturated rings. The highest BCUT2D eigenvalue weighted by molar-refractivity contribution is 14.0. The van der Waals surface area contributed by atoms with Crippen molar-refractivity contribution in [2.75, 3.05) is 45.4 Å². The van der Waals surface area contributed by atoms with Crippen LogP contribution in [0.4, 0.5) is 0 Å². The highest BCUT2D eigenvalue weighted by atomic mass is 127. The topological polar surface area (TPSA) is 45.7 Å². The molecule has 0 unspecified atom stereocenters. The molecule has 0 spiro atoms. The first kappa shape index (κ1) is 23.2. The van der Waals surface area contributed by atoms with Crippen LogP contribution in [0.1, 0.15) is 12.8 Å². The molecule has 1 aromatic carbocycles. The zero-order chi connectivity index (χ0) is 17.3. The van der Waals surface area contributed by atoms with Gasteiger partial charge in [0.25, 0.3) is 0 Å². The number of benzene rings is 1. The Bertz CT molecular complexity index is 525. The summed E-state index contributed by atoms with van der Waals surface area (Å²) in [5.74, 6) is 1.84. The predicted molar refractivity (Wildman–Crippen MR) is 123 cm³/mol. The van der Waals surface area contributed by atoms with Gasteiger partial charge in [0.15, 0.2) is 5.96 Å². The molecule has 4 nitrogen and oxygen atoms in total. The SMILES string of the molecule is CN=C(NCCSc1ccc(Cl)cc1)NCC1(SC)CCOCC1.I. The van der Waals surface area contributed by atoms with E-state index in [-0.39, 0.29) is 28.7 Å². The highest BCUT2D eigenvalue weighted by Gasteiger charge is 2.31. The summed E-state index contributed by atoms with van der Waals surface area (Å²) in [6.45, 7) is 3.49. The number of aliphatic imine (C=N–C) groups is 1. The number of thioether (sulfide) groups is 2. The van der Waals surface area contributed by atoms with Crippen LogP contribution in [0.3, 0.4) is 0 Å². The van der Waals surface area contributed by atoms with Crippen LogP contribution in [0, 0.1) is 0 Å². The van der Waals surface area contributed by atoms with Crippen LogP contribution in [0.2, 0.25) is 5.02 Å². The molecule has 1 saturated heterocycles. The Morgan fingerprint density at radius 1 is 1.24 bits per heavy atom. The lowest BCUT2D eigenvalue weighted by atomic mass is 9.99. The van der Waals surface area contributed by atoms with Crippen molar-refractivity contribution in [2.45, 2.75) is 22.5 Å². The van der Waals surface area contributed by atoms with E-state index in [0.717, 1.165) is 55.9 Å². The number of guanidine groups is 1. The van der Waals surface area contributed by atoms with Crippen LogP contribution in [0.5, 0.6) is 0 Å². The van der Waals surface area contributed by atoms with Gasteiger partial charge in [0.05, 0.1) is 0 Å². The van der Waals surface area contributed by atoms with Crippen LogP contribution in [0.25, 0.3) is 0 Å². The number of rotatable bonds is 7. The van der Waals surface area contributed by atoms with Gasteiger partial charge in [-0.15, -0.1) is 35.7 Å². The molecule has 0 bridgehead atoms. The summed E-state index contributed by atoms with van der Waals surface area (Å²) in [6, 6.07) is 7.95. The van der Waals surface area contributed by atoms with E-state index >= 15 is 0 Å². The van der Waals surface area contributed by atoms with Gasteiger partial charge in [-0.1, -0.05) is 11.6 Å². The first-order chi connectivity index (χ1) is 11.7. The van der Waals surface area contributed by atoms with E-state index in [0.29, 0.717) is 0 Å². The molecule has 1 aliphatic heterocycles. The molecule has 2 rings (SSSR count). The molecule has 0 aliphatic carbocycles. The maximum Gasteiger partial charge on any atom is 0.191 e. The average Bonchev–Trinajstić information content (AvgIpc) is 2.63. The Kier molecular flexibility index (Phi) is 11.6. The van der Waals surface area contributed by atoms with E-state index in [1.807, 2.05) is 43.1 Å². The second kappa shape index (κ2) is 12.5. The lowest BCUT2D eigenvalue weighted by molar-refractivity contribution is 0.0783. The molecule has 2 N–H and O–H groups in total. The lowest BCUT2D eigenvalue weighted by Crippen LogP contribution is -2.48. The monoisotopic (exact) mass is 515 g/mol. The molecule has 0 amide bonds. The molecule has 0 aromatic heterocycles. The van der Waals surface area contributed by atoms with Gasteiger partial charge < -0.3 is 15.4 Å². The molecule has 1 heterocycles. The van der Waals surface area contributed by atoms with E-state index < -0.39 is 0 Å². The maximum atomic E-state index is 5.90. The summed E-state index contributed by atoms with van der Waals surface area (Å²) in [4.78, 5) is 5.55. The Morgan fingerprint density at radius 3 is 2.52 bits per heavy atom. The minimum atomic E-state index is 0. The Labute approximate surface area is 181 Å². The molecule has 0 radical (unpaired) electrons. The maximum absolute atomic E-state index is 5.90. The molecule has 1 aromatic rings. The van der Waals surface area contributed by atoms with Crippen LogP contribution in [-0.4, -0.2) is 56.1 Å². The molecule has 142 valence electrons. The summed E-state index contributed by atoms with van der Waals surface area (Å²) in [5.41, 5.74) is 0. The summed E-state index contributed by atoms with van der Waals surface area (Å²) < 4.78 is 5.75. The van der Waals surface area contributed by atoms with E-state index in [1.54, 1.807) is 11.8 Å². The van der Waals surface area contributed by atoms with Gasteiger partial charge in [-0.2, -0.15) is 11.8 Å². The van der Waals surface area contributed by atoms with E-state index in [1.165, 1.54) is 4.90 Å². The van der Waals surface area contributed by atoms with Crippen molar-refractivity contribution in [1.29, 1.82) is 0 Å². The zero-order valence-electron chi connectivity index (χ0n) is 14.7. The second-order valence-corrected chi connectivity index (χ2v) is 8.53. The van der Waals surface area contributed by atoms with Crippen molar-refractivity contribution in [3.63, 3.8) is 0 Å². The van der Waals surface area contributed by atoms with Gasteiger partial charge in [0, 0.05) is 53.8 Å². The quantitative estimate of drug-likeness (QED) is 0.188. The van der Waals surface area contributed by atoms with Gasteiger partial charge in [-0.25, -0.2) is 0 Å². The summed E-state index contributed by atoms with van der Waals surface area (Å²) in [6.07, 6.45) is 4.36. The second-order valence-electron chi connectivity index (χ2n) is 5.65. The van der Waals surface area contributed by atoms with Crippen LogP contribution in [0.15, 0.2) is 34.2 Å². The van der Waals surface area contributed by atoms with Crippen molar-refractivity contribution in [2.24, 2.45) is 4.99 Å². The van der Waals surface area contributed by atoms with Crippen LogP contribution >= 0.6 is 59.1 Å². The van der Waals surface area contributed by atoms with E-state index in [9.17, 15) is 0 Å². The predicted octanol–water partition coefficient (Wildman–Crippen LogP) is 4.13. The fraction of sp³-hybridized carbons (Fsp3) is 0.588. The molecular weight excluding hydrogens is 489 g/mol. The van der Waals surface area contributed by atoms with Crippen molar-refractivity contribution in [3.05, 3.63) is 29.3 Å². The Morgan fingerprint density at radius 2 is 1.92 bits per heavy atom. The van der Waals surface area contributed by atoms with E-state index in [2.05, 4.69) is 21.9 Å². The number of halogens is 2. The van der Waals surface area contributed by atoms with Gasteiger partial charge in [-0.05, 0) is 43.4 Å². The molecule has 0 saturated carbocycles. The minimum Gasteiger partial charge on any atom is -0.381 e. The van der Waals surface area contributed by atoms with Gasteiger partial charge in [-0.3, -0.25) is 4.99 Å². The van der Waals surface area contributed by atoms with Crippen LogP contribution < -0.4 is 10.6 Å². The normalized spacial score (nSPS) is 16.8. The van der Waals surface area contributed by atoms with E-state index in [4.69, 9.17) is 16.3 Å². The third-order valence-electron chi connectivity index (χ3n) is 4.12. The van der Waals surface area contributed by atoms with Crippen molar-refractivity contribution >= 4 is 65.1 Å². The van der Waals surface area contributed by atoms with Gasteiger partial charge in [0.1, 0.15) is 0 Å². The largest absolute Gasteiger partial charge is 0.381 e. The third kappa shape index (κ3) is 8.15. The molecule has 1 aliphatic rings. The first-order valence-corrected chi connectivity index (χ1v) is 10.7. The van der Waals surface area contributed by atoms with Crippen LogP contribution in [-0.2, 0) is 4.74 Å². The number of hydrogen-bond donors (Lipinski definition) is 2. The summed E-state index contributed by atoms with van der Waals surface area (Å²) >= 11 is 9.64. The zero-order valence-corrected chi connectivity index (χ0v) is 19.4. The van der Waals surface area contributed by atoms with Gasteiger partial charge in [0.2, 0.25) is 0 Å². The number of nitrogens with zero attached hydrogens (tertiary/aromatic N) is 1. The molecular formula is C17H27ClIN3OS2. The standard InChI is InChI=1S/C17H26ClN3OS2.HI/c1-19-16(21-13-17(23-2)7-10-22-11-8-17)20-9-12-24-15-5-3-14(18)4-6-15;/h3-6H,7-13H2,1-2H3,(H2,19,20,21);1H. The van der Waals surface area contributed by atoms with Crippen molar-refractivity contribution in [1.82, 2.24) is 10.6 Å². The Hall–Kier alpha value is 0.170. The molecule has 8 heteroatoms. The Balaban J connectivity index is 0.00000312. The fourth-order valence-corrected chi connectivity index (χ4v) is 4.22. The average molecular weight is 516 g/mol. The smallest absolute Gasteiger partial charge is 0.191 e. The van der Waals surface area contributed by atoms with Gasteiger partial charge >= 0.3 is 0 Å². The molecule has 25 heavy (non-hydrogen) atoms. The minimum absolute atomic E-state index is 0. The number of ether oxygens (including phenoxy) is 1. The van der Waals surface area contributed by atoms with Crippen molar-refractivity contribution < 1.29 is 4.74 Å². The number of hydrogen-bond acceptors (Lipinski definition) is 4. The number of nitrogens with one attached hydrogen (secondary N) is 2.